The number of halogens is 1. The molecule has 156 valence electrons. The van der Waals surface area contributed by atoms with Gasteiger partial charge in [-0.05, 0) is 38.7 Å². The lowest BCUT2D eigenvalue weighted by molar-refractivity contribution is -0.117. The van der Waals surface area contributed by atoms with Gasteiger partial charge in [-0.15, -0.1) is 24.0 Å². The molecule has 7 nitrogen and oxygen atoms in total. The zero-order valence-electron chi connectivity index (χ0n) is 16.9. The Balaban J connectivity index is 0.00000280. The van der Waals surface area contributed by atoms with Gasteiger partial charge in [0.25, 0.3) is 0 Å². The first-order valence-corrected chi connectivity index (χ1v) is 9.89. The average Bonchev–Trinajstić information content (AvgIpc) is 2.92. The molecule has 8 heteroatoms. The van der Waals surface area contributed by atoms with E-state index in [1.165, 1.54) is 13.0 Å². The third kappa shape index (κ3) is 6.59. The van der Waals surface area contributed by atoms with Gasteiger partial charge in [0, 0.05) is 51.9 Å². The second-order valence-corrected chi connectivity index (χ2v) is 7.38. The fourth-order valence-electron chi connectivity index (χ4n) is 3.71. The zero-order chi connectivity index (χ0) is 19.1. The third-order valence-electron chi connectivity index (χ3n) is 5.29. The van der Waals surface area contributed by atoms with E-state index >= 15 is 0 Å². The lowest BCUT2D eigenvalue weighted by Crippen LogP contribution is -2.46. The molecule has 1 aromatic rings. The summed E-state index contributed by atoms with van der Waals surface area (Å²) >= 11 is 0. The molecule has 28 heavy (non-hydrogen) atoms. The first-order valence-electron chi connectivity index (χ1n) is 9.89. The van der Waals surface area contributed by atoms with E-state index in [0.717, 1.165) is 44.4 Å². The van der Waals surface area contributed by atoms with E-state index in [0.29, 0.717) is 13.0 Å². The van der Waals surface area contributed by atoms with Gasteiger partial charge < -0.3 is 25.3 Å². The van der Waals surface area contributed by atoms with Crippen molar-refractivity contribution in [3.8, 4) is 0 Å². The summed E-state index contributed by atoms with van der Waals surface area (Å²) in [5.74, 6) is 0.928. The molecule has 1 unspecified atom stereocenters. The predicted molar refractivity (Wildman–Crippen MR) is 126 cm³/mol. The van der Waals surface area contributed by atoms with Gasteiger partial charge in [-0.2, -0.15) is 0 Å². The van der Waals surface area contributed by atoms with Gasteiger partial charge >= 0.3 is 0 Å². The molecule has 2 saturated heterocycles. The van der Waals surface area contributed by atoms with Crippen LogP contribution in [0.1, 0.15) is 12.8 Å². The number of carbonyl (C=O) groups is 1. The highest BCUT2D eigenvalue weighted by Crippen LogP contribution is 2.20. The Hall–Kier alpha value is -1.39. The van der Waals surface area contributed by atoms with Crippen molar-refractivity contribution in [2.45, 2.75) is 18.9 Å². The Morgan fingerprint density at radius 2 is 1.96 bits per heavy atom. The topological polar surface area (TPSA) is 63.2 Å². The summed E-state index contributed by atoms with van der Waals surface area (Å²) in [5, 5.41) is 6.80. The van der Waals surface area contributed by atoms with Crippen LogP contribution in [0.4, 0.5) is 5.69 Å². The first kappa shape index (κ1) is 22.9. The van der Waals surface area contributed by atoms with E-state index in [1.54, 1.807) is 7.05 Å². The molecule has 0 radical (unpaired) electrons. The number of nitrogens with zero attached hydrogens (tertiary/aromatic N) is 4. The van der Waals surface area contributed by atoms with Crippen molar-refractivity contribution in [2.75, 3.05) is 64.8 Å². The van der Waals surface area contributed by atoms with Crippen LogP contribution >= 0.6 is 24.0 Å². The van der Waals surface area contributed by atoms with E-state index in [2.05, 4.69) is 32.5 Å². The van der Waals surface area contributed by atoms with Crippen LogP contribution in [0.2, 0.25) is 0 Å². The summed E-state index contributed by atoms with van der Waals surface area (Å²) in [6.45, 7) is 7.12. The number of para-hydroxylation sites is 1. The van der Waals surface area contributed by atoms with Crippen LogP contribution in [-0.4, -0.2) is 87.6 Å². The number of carbonyl (C=O) groups excluding carboxylic acids is 1. The van der Waals surface area contributed by atoms with Gasteiger partial charge in [0.1, 0.15) is 0 Å². The van der Waals surface area contributed by atoms with E-state index in [4.69, 9.17) is 0 Å². The highest BCUT2D eigenvalue weighted by molar-refractivity contribution is 14.0. The van der Waals surface area contributed by atoms with E-state index in [-0.39, 0.29) is 35.9 Å². The quantitative estimate of drug-likeness (QED) is 0.362. The van der Waals surface area contributed by atoms with Gasteiger partial charge in [-0.3, -0.25) is 9.79 Å². The van der Waals surface area contributed by atoms with Crippen molar-refractivity contribution in [1.82, 2.24) is 20.4 Å². The number of likely N-dealkylation sites (N-methyl/N-ethyl adjacent to an activating group) is 1. The molecule has 0 aliphatic carbocycles. The van der Waals surface area contributed by atoms with E-state index in [9.17, 15) is 4.79 Å². The molecule has 2 heterocycles. The van der Waals surface area contributed by atoms with Gasteiger partial charge in [0.15, 0.2) is 5.96 Å². The second kappa shape index (κ2) is 11.6. The summed E-state index contributed by atoms with van der Waals surface area (Å²) in [6, 6.07) is 9.93. The van der Waals surface area contributed by atoms with E-state index < -0.39 is 0 Å². The minimum Gasteiger partial charge on any atom is -0.355 e. The lowest BCUT2D eigenvalue weighted by atomic mass is 10.2. The molecule has 3 rings (SSSR count). The summed E-state index contributed by atoms with van der Waals surface area (Å²) in [4.78, 5) is 23.4. The number of nitrogens with one attached hydrogen (secondary N) is 2. The number of rotatable bonds is 5. The van der Waals surface area contributed by atoms with Crippen LogP contribution < -0.4 is 15.5 Å². The summed E-state index contributed by atoms with van der Waals surface area (Å²) in [5.41, 5.74) is 0.959. The highest BCUT2D eigenvalue weighted by atomic mass is 127. The van der Waals surface area contributed by atoms with Crippen molar-refractivity contribution in [2.24, 2.45) is 4.99 Å². The Kier molecular flexibility index (Phi) is 9.46. The normalized spacial score (nSPS) is 21.9. The molecule has 2 aliphatic rings. The first-order chi connectivity index (χ1) is 13.2. The zero-order valence-corrected chi connectivity index (χ0v) is 19.3. The van der Waals surface area contributed by atoms with Crippen LogP contribution in [0.3, 0.4) is 0 Å². The van der Waals surface area contributed by atoms with Crippen molar-refractivity contribution in [1.29, 1.82) is 0 Å². The molecule has 2 aliphatic heterocycles. The summed E-state index contributed by atoms with van der Waals surface area (Å²) in [6.07, 6.45) is 1.72. The van der Waals surface area contributed by atoms with Gasteiger partial charge in [-0.25, -0.2) is 0 Å². The fourth-order valence-corrected chi connectivity index (χ4v) is 3.71. The molecular formula is C20H33IN6O. The maximum atomic E-state index is 12.3. The predicted octanol–water partition coefficient (Wildman–Crippen LogP) is 1.21. The van der Waals surface area contributed by atoms with Crippen molar-refractivity contribution >= 4 is 41.5 Å². The monoisotopic (exact) mass is 500 g/mol. The number of guanidine groups is 1. The van der Waals surface area contributed by atoms with Gasteiger partial charge in [0.2, 0.25) is 5.91 Å². The van der Waals surface area contributed by atoms with Crippen LogP contribution in [-0.2, 0) is 4.79 Å². The number of amides is 1. The van der Waals surface area contributed by atoms with Crippen molar-refractivity contribution < 1.29 is 4.79 Å². The molecule has 2 N–H and O–H groups in total. The van der Waals surface area contributed by atoms with Crippen molar-refractivity contribution in [3.63, 3.8) is 0 Å². The summed E-state index contributed by atoms with van der Waals surface area (Å²) < 4.78 is 0. The highest BCUT2D eigenvalue weighted by Gasteiger charge is 2.31. The average molecular weight is 500 g/mol. The van der Waals surface area contributed by atoms with Gasteiger partial charge in [0.05, 0.1) is 6.04 Å². The number of anilines is 1. The van der Waals surface area contributed by atoms with Gasteiger partial charge in [-0.1, -0.05) is 18.2 Å². The third-order valence-corrected chi connectivity index (χ3v) is 5.29. The van der Waals surface area contributed by atoms with Crippen LogP contribution in [0.5, 0.6) is 0 Å². The SMILES string of the molecule is CN=C(NCCN1CCCN(C)CC1)NC1CC(=O)N(c2ccccc2)C1.I. The number of aliphatic imine (C=N–C) groups is 1. The largest absolute Gasteiger partial charge is 0.355 e. The Labute approximate surface area is 185 Å². The molecule has 1 amide bonds. The van der Waals surface area contributed by atoms with Crippen LogP contribution in [0.25, 0.3) is 0 Å². The molecule has 1 atom stereocenters. The summed E-state index contributed by atoms with van der Waals surface area (Å²) in [7, 11) is 3.97. The number of hydrogen-bond donors (Lipinski definition) is 2. The lowest BCUT2D eigenvalue weighted by Gasteiger charge is -2.22. The second-order valence-electron chi connectivity index (χ2n) is 7.38. The Morgan fingerprint density at radius 1 is 1.18 bits per heavy atom. The van der Waals surface area contributed by atoms with Crippen molar-refractivity contribution in [3.05, 3.63) is 30.3 Å². The number of hydrogen-bond acceptors (Lipinski definition) is 4. The number of benzene rings is 1. The minimum absolute atomic E-state index is 0. The minimum atomic E-state index is 0. The maximum Gasteiger partial charge on any atom is 0.229 e. The van der Waals surface area contributed by atoms with E-state index in [1.807, 2.05) is 35.2 Å². The Bertz CT molecular complexity index is 641. The molecule has 0 saturated carbocycles. The molecule has 0 spiro atoms. The van der Waals surface area contributed by atoms with Crippen LogP contribution in [0, 0.1) is 0 Å². The van der Waals surface area contributed by atoms with Crippen LogP contribution in [0.15, 0.2) is 35.3 Å². The smallest absolute Gasteiger partial charge is 0.229 e. The molecule has 2 fully saturated rings. The Morgan fingerprint density at radius 3 is 2.71 bits per heavy atom. The molecule has 0 aromatic heterocycles. The molecule has 0 bridgehead atoms. The standard InChI is InChI=1S/C20H32N6O.HI/c1-21-20(22-9-12-25-11-6-10-24(2)13-14-25)23-17-15-19(27)26(16-17)18-7-4-3-5-8-18;/h3-5,7-8,17H,6,9-16H2,1-2H3,(H2,21,22,23);1H. The molecular weight excluding hydrogens is 467 g/mol. The molecule has 1 aromatic carbocycles. The maximum absolute atomic E-state index is 12.3. The fraction of sp³-hybridized carbons (Fsp3) is 0.600.